The van der Waals surface area contributed by atoms with Crippen molar-refractivity contribution < 1.29 is 26.3 Å². The molecule has 0 spiro atoms. The number of halogens is 6. The number of nitriles is 1. The number of aryl methyl sites for hydroxylation is 8. The van der Waals surface area contributed by atoms with Gasteiger partial charge < -0.3 is 9.13 Å². The normalized spacial score (nSPS) is 12.1. The third-order valence-corrected chi connectivity index (χ3v) is 16.6. The Kier molecular flexibility index (Phi) is 13.3. The van der Waals surface area contributed by atoms with Gasteiger partial charge >= 0.3 is 12.4 Å². The fourth-order valence-corrected chi connectivity index (χ4v) is 13.3. The monoisotopic (exact) mass is 1140 g/mol. The molecule has 0 aliphatic rings. The number of nitrogens with zero attached hydrogens (tertiary/aromatic N) is 3. The summed E-state index contributed by atoms with van der Waals surface area (Å²) in [6, 6.07) is 65.2. The maximum Gasteiger partial charge on any atom is 0.417 e. The Labute approximate surface area is 495 Å². The van der Waals surface area contributed by atoms with Gasteiger partial charge in [0.2, 0.25) is 0 Å². The van der Waals surface area contributed by atoms with Crippen LogP contribution in [0, 0.1) is 66.7 Å². The fraction of sp³-hybridized carbons (Fsp3) is 0.130. The molecule has 9 heteroatoms. The second-order valence-corrected chi connectivity index (χ2v) is 23.4. The van der Waals surface area contributed by atoms with E-state index in [-0.39, 0.29) is 5.56 Å². The molecule has 2 aromatic heterocycles. The van der Waals surface area contributed by atoms with Crippen LogP contribution in [0.15, 0.2) is 200 Å². The van der Waals surface area contributed by atoms with Gasteiger partial charge in [-0.05, 0) is 190 Å². The van der Waals surface area contributed by atoms with Crippen molar-refractivity contribution in [2.24, 2.45) is 0 Å². The van der Waals surface area contributed by atoms with Crippen molar-refractivity contribution >= 4 is 43.6 Å². The first-order chi connectivity index (χ1) is 41.1. The van der Waals surface area contributed by atoms with Gasteiger partial charge in [0, 0.05) is 38.2 Å². The summed E-state index contributed by atoms with van der Waals surface area (Å²) in [5.74, 6) is 0. The highest BCUT2D eigenvalue weighted by Gasteiger charge is 2.41. The second-order valence-electron chi connectivity index (χ2n) is 23.4. The number of fused-ring (bicyclic) bond motifs is 6. The summed E-state index contributed by atoms with van der Waals surface area (Å²) < 4.78 is 96.2. The highest BCUT2D eigenvalue weighted by atomic mass is 19.4. The van der Waals surface area contributed by atoms with Gasteiger partial charge in [0.1, 0.15) is 0 Å². The van der Waals surface area contributed by atoms with E-state index in [1.54, 1.807) is 18.2 Å². The van der Waals surface area contributed by atoms with E-state index in [2.05, 4.69) is 187 Å². The summed E-state index contributed by atoms with van der Waals surface area (Å²) in [7, 11) is 0. The van der Waals surface area contributed by atoms with Gasteiger partial charge in [-0.25, -0.2) is 0 Å². The van der Waals surface area contributed by atoms with Crippen LogP contribution in [-0.2, 0) is 12.4 Å². The van der Waals surface area contributed by atoms with Gasteiger partial charge in [-0.3, -0.25) is 0 Å². The Morgan fingerprint density at radius 1 is 0.302 bits per heavy atom. The zero-order valence-corrected chi connectivity index (χ0v) is 48.7. The predicted molar refractivity (Wildman–Crippen MR) is 340 cm³/mol. The van der Waals surface area contributed by atoms with Crippen molar-refractivity contribution in [2.75, 3.05) is 0 Å². The average molecular weight is 1140 g/mol. The maximum absolute atomic E-state index is 15.3. The zero-order chi connectivity index (χ0) is 60.2. The fourth-order valence-electron chi connectivity index (χ4n) is 13.3. The molecular formula is C77H57F6N3. The smallest absolute Gasteiger partial charge is 0.309 e. The summed E-state index contributed by atoms with van der Waals surface area (Å²) >= 11 is 0. The minimum absolute atomic E-state index is 0.287. The molecule has 13 rings (SSSR count). The molecule has 86 heavy (non-hydrogen) atoms. The number of rotatable bonds is 8. The molecule has 0 radical (unpaired) electrons. The molecule has 0 fully saturated rings. The number of hydrogen-bond donors (Lipinski definition) is 0. The molecule has 422 valence electrons. The van der Waals surface area contributed by atoms with Crippen LogP contribution in [-0.4, -0.2) is 9.13 Å². The molecule has 13 aromatic rings. The first kappa shape index (κ1) is 55.3. The number of benzene rings is 11. The van der Waals surface area contributed by atoms with E-state index in [0.717, 1.165) is 128 Å². The van der Waals surface area contributed by atoms with E-state index < -0.39 is 29.0 Å². The number of hydrogen-bond acceptors (Lipinski definition) is 1. The lowest BCUT2D eigenvalue weighted by Gasteiger charge is -2.22. The Balaban J connectivity index is 1.15. The predicted octanol–water partition coefficient (Wildman–Crippen LogP) is 22.3. The third-order valence-electron chi connectivity index (χ3n) is 16.6. The average Bonchev–Trinajstić information content (AvgIpc) is 1.64. The van der Waals surface area contributed by atoms with Gasteiger partial charge in [0.25, 0.3) is 0 Å². The molecule has 2 heterocycles. The standard InChI is InChI=1S/C77H57F6N3/c1-43-24-44(2)29-57(28-43)52-14-20-70-63(37-52)64-38-53(58-30-45(3)25-46(4)31-58)15-21-71(64)85(70)69-19-12-51(42-84)36-62(69)61-18-13-56(75-67(76(78,79)80)10-9-11-68(75)77(81,82)83)41-74(61)86-72-22-16-54(59-32-47(5)26-48(6)33-59)39-65(72)66-40-55(17-23-73(66)86)60-34-49(7)27-50(8)35-60/h9-41H,1-8H3. The molecule has 0 amide bonds. The lowest BCUT2D eigenvalue weighted by atomic mass is 9.90. The van der Waals surface area contributed by atoms with E-state index in [1.165, 1.54) is 12.1 Å². The summed E-state index contributed by atoms with van der Waals surface area (Å²) in [5.41, 5.74) is 18.0. The molecule has 11 aromatic carbocycles. The maximum atomic E-state index is 15.3. The molecule has 0 saturated carbocycles. The number of aromatic nitrogens is 2. The molecule has 0 unspecified atom stereocenters. The second kappa shape index (κ2) is 20.7. The molecular weight excluding hydrogens is 1080 g/mol. The zero-order valence-electron chi connectivity index (χ0n) is 48.7. The lowest BCUT2D eigenvalue weighted by Crippen LogP contribution is -2.14. The third kappa shape index (κ3) is 9.89. The van der Waals surface area contributed by atoms with Crippen LogP contribution in [0.3, 0.4) is 0 Å². The minimum Gasteiger partial charge on any atom is -0.309 e. The summed E-state index contributed by atoms with van der Waals surface area (Å²) in [6.45, 7) is 16.5. The van der Waals surface area contributed by atoms with Crippen LogP contribution < -0.4 is 0 Å². The molecule has 0 bridgehead atoms. The molecule has 0 saturated heterocycles. The Morgan fingerprint density at radius 3 is 0.953 bits per heavy atom. The van der Waals surface area contributed by atoms with Crippen molar-refractivity contribution in [3.05, 3.63) is 261 Å². The minimum atomic E-state index is -5.15. The van der Waals surface area contributed by atoms with Gasteiger partial charge in [0.05, 0.1) is 56.2 Å². The van der Waals surface area contributed by atoms with E-state index in [4.69, 9.17) is 0 Å². The van der Waals surface area contributed by atoms with Gasteiger partial charge in [-0.15, -0.1) is 0 Å². The molecule has 0 atom stereocenters. The van der Waals surface area contributed by atoms with Crippen LogP contribution in [0.5, 0.6) is 0 Å². The highest BCUT2D eigenvalue weighted by molar-refractivity contribution is 6.14. The summed E-state index contributed by atoms with van der Waals surface area (Å²) in [6.07, 6.45) is -10.3. The highest BCUT2D eigenvalue weighted by Crippen LogP contribution is 2.49. The van der Waals surface area contributed by atoms with E-state index in [1.807, 2.05) is 34.9 Å². The van der Waals surface area contributed by atoms with Crippen LogP contribution in [0.25, 0.3) is 122 Å². The van der Waals surface area contributed by atoms with Gasteiger partial charge in [-0.2, -0.15) is 31.6 Å². The Morgan fingerprint density at radius 2 is 0.628 bits per heavy atom. The van der Waals surface area contributed by atoms with Crippen LogP contribution in [0.1, 0.15) is 61.2 Å². The van der Waals surface area contributed by atoms with E-state index >= 15 is 26.3 Å². The van der Waals surface area contributed by atoms with Crippen LogP contribution >= 0.6 is 0 Å². The van der Waals surface area contributed by atoms with Gasteiger partial charge in [-0.1, -0.05) is 160 Å². The van der Waals surface area contributed by atoms with Crippen molar-refractivity contribution in [1.82, 2.24) is 9.13 Å². The Bertz CT molecular complexity index is 4690. The number of alkyl halides is 6. The van der Waals surface area contributed by atoms with Gasteiger partial charge in [0.15, 0.2) is 0 Å². The van der Waals surface area contributed by atoms with Crippen molar-refractivity contribution in [3.63, 3.8) is 0 Å². The Hall–Kier alpha value is -9.91. The molecule has 3 nitrogen and oxygen atoms in total. The van der Waals surface area contributed by atoms with Crippen molar-refractivity contribution in [3.8, 4) is 84.2 Å². The van der Waals surface area contributed by atoms with Crippen molar-refractivity contribution in [2.45, 2.75) is 67.7 Å². The quantitative estimate of drug-likeness (QED) is 0.140. The van der Waals surface area contributed by atoms with Crippen LogP contribution in [0.4, 0.5) is 26.3 Å². The first-order valence-corrected chi connectivity index (χ1v) is 28.5. The van der Waals surface area contributed by atoms with E-state index in [0.29, 0.717) is 51.2 Å². The lowest BCUT2D eigenvalue weighted by molar-refractivity contribution is -0.142. The largest absolute Gasteiger partial charge is 0.417 e. The SMILES string of the molecule is Cc1cc(C)cc(-c2ccc3c(c2)c2cc(-c4cc(C)cc(C)c4)ccc2n3-c2ccc(C#N)cc2-c2ccc(-c3c(C(F)(F)F)cccc3C(F)(F)F)cc2-n2c3ccc(-c4cc(C)cc(C)c4)cc3c3cc(-c4cc(C)cc(C)c4)ccc32)c1. The van der Waals surface area contributed by atoms with Crippen LogP contribution in [0.2, 0.25) is 0 Å². The molecule has 0 N–H and O–H groups in total. The topological polar surface area (TPSA) is 33.6 Å². The van der Waals surface area contributed by atoms with Crippen molar-refractivity contribution in [1.29, 1.82) is 5.26 Å². The summed E-state index contributed by atoms with van der Waals surface area (Å²) in [5, 5.41) is 14.4. The first-order valence-electron chi connectivity index (χ1n) is 28.5. The molecule has 0 aliphatic carbocycles. The molecule has 0 aliphatic heterocycles. The van der Waals surface area contributed by atoms with E-state index in [9.17, 15) is 5.26 Å². The summed E-state index contributed by atoms with van der Waals surface area (Å²) in [4.78, 5) is 0.